The van der Waals surface area contributed by atoms with Gasteiger partial charge in [-0.25, -0.2) is 4.98 Å². The zero-order valence-corrected chi connectivity index (χ0v) is 16.0. The van der Waals surface area contributed by atoms with Crippen LogP contribution in [-0.2, 0) is 0 Å². The Kier molecular flexibility index (Phi) is 4.35. The van der Waals surface area contributed by atoms with Crippen LogP contribution in [0.2, 0.25) is 0 Å². The fourth-order valence-electron chi connectivity index (χ4n) is 3.75. The second-order valence-electron chi connectivity index (χ2n) is 7.31. The summed E-state index contributed by atoms with van der Waals surface area (Å²) in [6.45, 7) is 3.15. The minimum atomic E-state index is 0.0364. The summed E-state index contributed by atoms with van der Waals surface area (Å²) in [6.07, 6.45) is 1.69. The number of para-hydroxylation sites is 2. The first-order chi connectivity index (χ1) is 14.2. The summed E-state index contributed by atoms with van der Waals surface area (Å²) in [5, 5.41) is 3.80. The van der Waals surface area contributed by atoms with E-state index in [1.807, 2.05) is 53.4 Å². The predicted molar refractivity (Wildman–Crippen MR) is 106 cm³/mol. The molecule has 0 unspecified atom stereocenters. The van der Waals surface area contributed by atoms with E-state index in [-0.39, 0.29) is 11.8 Å². The van der Waals surface area contributed by atoms with Gasteiger partial charge in [0.25, 0.3) is 11.8 Å². The third-order valence-electron chi connectivity index (χ3n) is 5.35. The highest BCUT2D eigenvalue weighted by Gasteiger charge is 2.27. The second-order valence-corrected chi connectivity index (χ2v) is 7.31. The normalized spacial score (nSPS) is 15.1. The van der Waals surface area contributed by atoms with Crippen molar-refractivity contribution in [1.82, 2.24) is 20.0 Å². The summed E-state index contributed by atoms with van der Waals surface area (Å²) in [7, 11) is 0. The number of nitrogens with zero attached hydrogens (tertiary/aromatic N) is 4. The van der Waals surface area contributed by atoms with E-state index in [1.165, 1.54) is 0 Å². The first-order valence-corrected chi connectivity index (χ1v) is 9.73. The molecule has 2 aromatic heterocycles. The van der Waals surface area contributed by atoms with Crippen molar-refractivity contribution < 1.29 is 13.7 Å². The molecule has 0 saturated carbocycles. The summed E-state index contributed by atoms with van der Waals surface area (Å²) < 4.78 is 11.1. The average Bonchev–Trinajstić information content (AvgIpc) is 3.40. The number of aromatic nitrogens is 3. The summed E-state index contributed by atoms with van der Waals surface area (Å²) in [5.74, 6) is 2.10. The molecule has 7 nitrogen and oxygen atoms in total. The van der Waals surface area contributed by atoms with Gasteiger partial charge in [0.15, 0.2) is 17.3 Å². The summed E-state index contributed by atoms with van der Waals surface area (Å²) in [6, 6.07) is 15.1. The zero-order valence-electron chi connectivity index (χ0n) is 16.0. The lowest BCUT2D eigenvalue weighted by atomic mass is 9.96. The van der Waals surface area contributed by atoms with Crippen molar-refractivity contribution >= 4 is 17.0 Å². The van der Waals surface area contributed by atoms with Crippen molar-refractivity contribution in [2.75, 3.05) is 13.1 Å². The maximum Gasteiger partial charge on any atom is 0.257 e. The first-order valence-electron chi connectivity index (χ1n) is 9.73. The highest BCUT2D eigenvalue weighted by atomic mass is 16.5. The third kappa shape index (κ3) is 3.40. The van der Waals surface area contributed by atoms with E-state index in [2.05, 4.69) is 15.1 Å². The van der Waals surface area contributed by atoms with E-state index >= 15 is 0 Å². The molecule has 146 valence electrons. The summed E-state index contributed by atoms with van der Waals surface area (Å²) in [4.78, 5) is 23.6. The van der Waals surface area contributed by atoms with Gasteiger partial charge in [0.2, 0.25) is 0 Å². The number of fused-ring (bicyclic) bond motifs is 1. The lowest BCUT2D eigenvalue weighted by Gasteiger charge is -2.30. The molecule has 0 atom stereocenters. The van der Waals surface area contributed by atoms with Crippen LogP contribution >= 0.6 is 0 Å². The van der Waals surface area contributed by atoms with E-state index in [9.17, 15) is 4.79 Å². The maximum absolute atomic E-state index is 12.9. The Bertz CT molecular complexity index is 1120. The van der Waals surface area contributed by atoms with Crippen LogP contribution < -0.4 is 0 Å². The molecule has 1 amide bonds. The van der Waals surface area contributed by atoms with Gasteiger partial charge in [0.05, 0.1) is 0 Å². The number of carbonyl (C=O) groups excluding carboxylic acids is 1. The Balaban J connectivity index is 1.25. The highest BCUT2D eigenvalue weighted by Crippen LogP contribution is 2.30. The predicted octanol–water partition coefficient (Wildman–Crippen LogP) is 4.21. The largest absolute Gasteiger partial charge is 0.440 e. The number of amides is 1. The van der Waals surface area contributed by atoms with Crippen LogP contribution in [0.25, 0.3) is 22.6 Å². The molecule has 0 N–H and O–H groups in total. The van der Waals surface area contributed by atoms with Gasteiger partial charge >= 0.3 is 0 Å². The molecular formula is C22H20N4O3. The molecule has 3 heterocycles. The lowest BCUT2D eigenvalue weighted by Crippen LogP contribution is -2.37. The zero-order chi connectivity index (χ0) is 19.8. The first kappa shape index (κ1) is 17.6. The number of hydrogen-bond donors (Lipinski definition) is 0. The molecule has 0 spiro atoms. The summed E-state index contributed by atoms with van der Waals surface area (Å²) >= 11 is 0. The van der Waals surface area contributed by atoms with Crippen LogP contribution in [0.5, 0.6) is 0 Å². The quantitative estimate of drug-likeness (QED) is 0.523. The molecule has 0 aliphatic carbocycles. The van der Waals surface area contributed by atoms with Gasteiger partial charge in [-0.05, 0) is 56.2 Å². The third-order valence-corrected chi connectivity index (χ3v) is 5.35. The fraction of sp³-hybridized carbons (Fsp3) is 0.273. The van der Waals surface area contributed by atoms with Gasteiger partial charge < -0.3 is 13.8 Å². The van der Waals surface area contributed by atoms with E-state index in [4.69, 9.17) is 8.94 Å². The van der Waals surface area contributed by atoms with Gasteiger partial charge in [0, 0.05) is 30.1 Å². The highest BCUT2D eigenvalue weighted by molar-refractivity contribution is 5.94. The number of piperidine rings is 1. The Morgan fingerprint density at radius 2 is 1.79 bits per heavy atom. The van der Waals surface area contributed by atoms with E-state index in [1.54, 1.807) is 6.92 Å². The van der Waals surface area contributed by atoms with Crippen molar-refractivity contribution in [3.05, 3.63) is 65.8 Å². The van der Waals surface area contributed by atoms with Gasteiger partial charge in [-0.3, -0.25) is 4.79 Å². The molecule has 4 aromatic rings. The standard InChI is InChI=1S/C22H20N4O3/c1-14-23-21(29-25-14)15-6-8-17(9-7-15)22(27)26-12-10-16(11-13-26)20-24-18-4-2-3-5-19(18)28-20/h2-9,16H,10-13H2,1H3. The number of hydrogen-bond acceptors (Lipinski definition) is 6. The Labute approximate surface area is 167 Å². The van der Waals surface area contributed by atoms with Crippen molar-refractivity contribution in [3.8, 4) is 11.5 Å². The van der Waals surface area contributed by atoms with Gasteiger partial charge in [-0.15, -0.1) is 0 Å². The van der Waals surface area contributed by atoms with Crippen molar-refractivity contribution in [1.29, 1.82) is 0 Å². The smallest absolute Gasteiger partial charge is 0.257 e. The molecular weight excluding hydrogens is 368 g/mol. The maximum atomic E-state index is 12.9. The average molecular weight is 388 g/mol. The molecule has 1 aliphatic heterocycles. The van der Waals surface area contributed by atoms with Crippen LogP contribution in [0.3, 0.4) is 0 Å². The van der Waals surface area contributed by atoms with Gasteiger partial charge in [-0.2, -0.15) is 4.98 Å². The summed E-state index contributed by atoms with van der Waals surface area (Å²) in [5.41, 5.74) is 3.16. The number of aryl methyl sites for hydroxylation is 1. The minimum Gasteiger partial charge on any atom is -0.440 e. The van der Waals surface area contributed by atoms with Crippen molar-refractivity contribution in [2.45, 2.75) is 25.7 Å². The molecule has 1 aliphatic rings. The molecule has 1 fully saturated rings. The van der Waals surface area contributed by atoms with Crippen LogP contribution in [0, 0.1) is 6.92 Å². The fourth-order valence-corrected chi connectivity index (χ4v) is 3.75. The monoisotopic (exact) mass is 388 g/mol. The van der Waals surface area contributed by atoms with Crippen molar-refractivity contribution in [3.63, 3.8) is 0 Å². The van der Waals surface area contributed by atoms with Gasteiger partial charge in [-0.1, -0.05) is 17.3 Å². The van der Waals surface area contributed by atoms with E-state index < -0.39 is 0 Å². The van der Waals surface area contributed by atoms with Crippen LogP contribution in [0.1, 0.15) is 40.8 Å². The van der Waals surface area contributed by atoms with Crippen LogP contribution in [-0.4, -0.2) is 39.0 Å². The number of benzene rings is 2. The Hall–Kier alpha value is -3.48. The van der Waals surface area contributed by atoms with E-state index in [0.717, 1.165) is 35.4 Å². The lowest BCUT2D eigenvalue weighted by molar-refractivity contribution is 0.0706. The number of carbonyl (C=O) groups is 1. The molecule has 7 heteroatoms. The van der Waals surface area contributed by atoms with Crippen LogP contribution in [0.15, 0.2) is 57.5 Å². The SMILES string of the molecule is Cc1noc(-c2ccc(C(=O)N3CCC(c4nc5ccccc5o4)CC3)cc2)n1. The topological polar surface area (TPSA) is 85.3 Å². The number of oxazole rings is 1. The number of likely N-dealkylation sites (tertiary alicyclic amines) is 1. The Morgan fingerprint density at radius 3 is 2.48 bits per heavy atom. The Morgan fingerprint density at radius 1 is 1.03 bits per heavy atom. The molecule has 0 bridgehead atoms. The molecule has 29 heavy (non-hydrogen) atoms. The van der Waals surface area contributed by atoms with Gasteiger partial charge in [0.1, 0.15) is 5.52 Å². The second kappa shape index (κ2) is 7.16. The molecule has 2 aromatic carbocycles. The number of rotatable bonds is 3. The van der Waals surface area contributed by atoms with Crippen molar-refractivity contribution in [2.24, 2.45) is 0 Å². The molecule has 1 saturated heterocycles. The molecule has 5 rings (SSSR count). The van der Waals surface area contributed by atoms with E-state index in [0.29, 0.717) is 30.4 Å². The minimum absolute atomic E-state index is 0.0364. The van der Waals surface area contributed by atoms with Crippen LogP contribution in [0.4, 0.5) is 0 Å². The molecule has 0 radical (unpaired) electrons.